The van der Waals surface area contributed by atoms with Crippen molar-refractivity contribution in [2.75, 3.05) is 26.0 Å². The normalized spacial score (nSPS) is 21.6. The molecule has 10 heteroatoms. The molecule has 2 heterocycles. The summed E-state index contributed by atoms with van der Waals surface area (Å²) in [4.78, 5) is 39.8. The van der Waals surface area contributed by atoms with E-state index in [-0.39, 0.29) is 35.2 Å². The van der Waals surface area contributed by atoms with Gasteiger partial charge in [0.1, 0.15) is 6.04 Å². The summed E-state index contributed by atoms with van der Waals surface area (Å²) in [6.07, 6.45) is 4.40. The summed E-state index contributed by atoms with van der Waals surface area (Å²) in [5.41, 5.74) is 2.14. The van der Waals surface area contributed by atoms with Crippen LogP contribution in [0.2, 0.25) is 0 Å². The third-order valence-electron chi connectivity index (χ3n) is 5.28. The Labute approximate surface area is 195 Å². The van der Waals surface area contributed by atoms with Gasteiger partial charge in [0.15, 0.2) is 5.17 Å². The van der Waals surface area contributed by atoms with Crippen LogP contribution in [0.3, 0.4) is 0 Å². The minimum absolute atomic E-state index is 0. The summed E-state index contributed by atoms with van der Waals surface area (Å²) in [5, 5.41) is 7.52. The van der Waals surface area contributed by atoms with E-state index in [2.05, 4.69) is 29.7 Å². The zero-order chi connectivity index (χ0) is 22.5. The molecule has 0 aromatic rings. The smallest absolute Gasteiger partial charge is 0.309 e. The van der Waals surface area contributed by atoms with Crippen molar-refractivity contribution in [3.63, 3.8) is 0 Å². The molecule has 2 saturated heterocycles. The first-order valence-electron chi connectivity index (χ1n) is 10.3. The first-order chi connectivity index (χ1) is 13.9. The number of Topliss-reactive ketones (excluding diaryl/α,β-unsaturated/α-hetero) is 1. The molecule has 0 spiro atoms. The summed E-state index contributed by atoms with van der Waals surface area (Å²) >= 11 is 1.52. The first-order valence-corrected chi connectivity index (χ1v) is 11.3. The highest BCUT2D eigenvalue weighted by Crippen LogP contribution is 2.30. The Morgan fingerprint density at radius 1 is 1.26 bits per heavy atom. The lowest BCUT2D eigenvalue weighted by Crippen LogP contribution is -2.51. The highest BCUT2D eigenvalue weighted by molar-refractivity contribution is 8.14. The summed E-state index contributed by atoms with van der Waals surface area (Å²) in [5.74, 6) is -1.21. The van der Waals surface area contributed by atoms with E-state index in [9.17, 15) is 14.4 Å². The molecular weight excluding hydrogens is 440 g/mol. The number of nitrogens with zero attached hydrogens (tertiary/aromatic N) is 2. The third kappa shape index (κ3) is 8.12. The number of allylic oxidation sites excluding steroid dienone is 1. The number of amides is 2. The minimum atomic E-state index is -0.906. The largest absolute Gasteiger partial charge is 0.381 e. The van der Waals surface area contributed by atoms with Crippen molar-refractivity contribution < 1.29 is 19.1 Å². The number of halogens is 1. The maximum atomic E-state index is 12.9. The molecule has 0 aliphatic carbocycles. The minimum Gasteiger partial charge on any atom is -0.381 e. The van der Waals surface area contributed by atoms with Crippen molar-refractivity contribution in [1.82, 2.24) is 15.6 Å². The highest BCUT2D eigenvalue weighted by atomic mass is 35.5. The number of carbonyl (C=O) groups is 3. The number of ether oxygens (including phenoxy) is 1. The summed E-state index contributed by atoms with van der Waals surface area (Å²) in [6.45, 7) is 11.1. The van der Waals surface area contributed by atoms with E-state index >= 15 is 0 Å². The van der Waals surface area contributed by atoms with Gasteiger partial charge in [0.25, 0.3) is 0 Å². The Bertz CT molecular complexity index is 727. The first kappa shape index (κ1) is 27.5. The fourth-order valence-corrected chi connectivity index (χ4v) is 4.30. The van der Waals surface area contributed by atoms with Crippen LogP contribution in [0.5, 0.6) is 0 Å². The molecule has 0 bridgehead atoms. The van der Waals surface area contributed by atoms with Gasteiger partial charge in [0.05, 0.1) is 0 Å². The van der Waals surface area contributed by atoms with Gasteiger partial charge in [0.2, 0.25) is 11.7 Å². The van der Waals surface area contributed by atoms with Crippen LogP contribution in [0.15, 0.2) is 17.3 Å². The van der Waals surface area contributed by atoms with Crippen LogP contribution in [0.1, 0.15) is 47.5 Å². The molecular formula is C21H35ClN4O4S. The summed E-state index contributed by atoms with van der Waals surface area (Å²) < 4.78 is 5.36. The van der Waals surface area contributed by atoms with Gasteiger partial charge in [-0.05, 0) is 44.1 Å². The van der Waals surface area contributed by atoms with Gasteiger partial charge in [-0.1, -0.05) is 38.6 Å². The van der Waals surface area contributed by atoms with Crippen LogP contribution in [-0.4, -0.2) is 65.3 Å². The number of amidine groups is 1. The lowest BCUT2D eigenvalue weighted by atomic mass is 9.88. The zero-order valence-electron chi connectivity index (χ0n) is 19.2. The maximum Gasteiger partial charge on any atom is 0.309 e. The van der Waals surface area contributed by atoms with Crippen molar-refractivity contribution in [3.05, 3.63) is 12.2 Å². The Morgan fingerprint density at radius 2 is 1.87 bits per heavy atom. The van der Waals surface area contributed by atoms with E-state index in [1.807, 2.05) is 32.7 Å². The molecule has 176 valence electrons. The molecule has 0 radical (unpaired) electrons. The quantitative estimate of drug-likeness (QED) is 0.348. The standard InChI is InChI=1S/C21H34N4O4S.ClH/c1-20(2,3)10-7-15(26)22-16(14-8-11-29-12-9-14)17(27)18(28)23-24-19-25(6)21(4,5)13-30-19;/h7,10,14,16H,8-9,11-13H2,1-6H3,(H,22,26)(H,23,28);1H/b10-7+,24-19-;. The van der Waals surface area contributed by atoms with Crippen molar-refractivity contribution >= 4 is 46.9 Å². The predicted molar refractivity (Wildman–Crippen MR) is 126 cm³/mol. The van der Waals surface area contributed by atoms with Gasteiger partial charge in [-0.3, -0.25) is 14.4 Å². The van der Waals surface area contributed by atoms with Gasteiger partial charge in [-0.15, -0.1) is 17.5 Å². The predicted octanol–water partition coefficient (Wildman–Crippen LogP) is 2.34. The summed E-state index contributed by atoms with van der Waals surface area (Å²) in [6, 6.07) is -0.906. The van der Waals surface area contributed by atoms with Gasteiger partial charge in [0, 0.05) is 31.6 Å². The molecule has 0 saturated carbocycles. The molecule has 1 atom stereocenters. The van der Waals surface area contributed by atoms with E-state index in [4.69, 9.17) is 4.74 Å². The second-order valence-corrected chi connectivity index (χ2v) is 10.4. The van der Waals surface area contributed by atoms with E-state index in [1.165, 1.54) is 17.8 Å². The lowest BCUT2D eigenvalue weighted by Gasteiger charge is -2.29. The Morgan fingerprint density at radius 3 is 2.39 bits per heavy atom. The van der Waals surface area contributed by atoms with E-state index in [0.29, 0.717) is 31.2 Å². The van der Waals surface area contributed by atoms with Gasteiger partial charge in [-0.25, -0.2) is 5.43 Å². The molecule has 2 N–H and O–H groups in total. The van der Waals surface area contributed by atoms with Crippen molar-refractivity contribution in [1.29, 1.82) is 0 Å². The molecule has 2 aliphatic heterocycles. The zero-order valence-corrected chi connectivity index (χ0v) is 20.8. The molecule has 2 rings (SSSR count). The summed E-state index contributed by atoms with van der Waals surface area (Å²) in [7, 11) is 1.90. The van der Waals surface area contributed by atoms with Gasteiger partial charge < -0.3 is 15.0 Å². The number of ketones is 1. The van der Waals surface area contributed by atoms with Crippen LogP contribution in [0.4, 0.5) is 0 Å². The second-order valence-electron chi connectivity index (χ2n) is 9.50. The van der Waals surface area contributed by atoms with Gasteiger partial charge in [-0.2, -0.15) is 0 Å². The Balaban J connectivity index is 0.00000480. The number of hydrogen-bond donors (Lipinski definition) is 2. The van der Waals surface area contributed by atoms with Gasteiger partial charge >= 0.3 is 5.91 Å². The average Bonchev–Trinajstić information content (AvgIpc) is 2.94. The molecule has 8 nitrogen and oxygen atoms in total. The van der Waals surface area contributed by atoms with Crippen LogP contribution < -0.4 is 10.7 Å². The van der Waals surface area contributed by atoms with Crippen molar-refractivity contribution in [2.45, 2.75) is 59.0 Å². The van der Waals surface area contributed by atoms with E-state index in [1.54, 1.807) is 6.08 Å². The second kappa shape index (κ2) is 11.3. The molecule has 31 heavy (non-hydrogen) atoms. The maximum absolute atomic E-state index is 12.9. The van der Waals surface area contributed by atoms with Crippen molar-refractivity contribution in [2.24, 2.45) is 16.4 Å². The average molecular weight is 475 g/mol. The number of carbonyl (C=O) groups excluding carboxylic acids is 3. The monoisotopic (exact) mass is 474 g/mol. The van der Waals surface area contributed by atoms with Crippen LogP contribution in [0.25, 0.3) is 0 Å². The Kier molecular flexibility index (Phi) is 10.0. The molecule has 2 amide bonds. The fraction of sp³-hybridized carbons (Fsp3) is 0.714. The fourth-order valence-electron chi connectivity index (χ4n) is 3.07. The van der Waals surface area contributed by atoms with E-state index in [0.717, 1.165) is 5.75 Å². The topological polar surface area (TPSA) is 100 Å². The number of thioether (sulfide) groups is 1. The number of nitrogens with one attached hydrogen (secondary N) is 2. The van der Waals surface area contributed by atoms with Crippen LogP contribution >= 0.6 is 24.2 Å². The highest BCUT2D eigenvalue weighted by Gasteiger charge is 2.36. The molecule has 1 unspecified atom stereocenters. The molecule has 0 aromatic heterocycles. The van der Waals surface area contributed by atoms with Crippen LogP contribution in [0, 0.1) is 11.3 Å². The molecule has 2 aliphatic rings. The lowest BCUT2D eigenvalue weighted by molar-refractivity contribution is -0.141. The number of hydrazone groups is 1. The van der Waals surface area contributed by atoms with Crippen molar-refractivity contribution in [3.8, 4) is 0 Å². The number of hydrogen-bond acceptors (Lipinski definition) is 6. The third-order valence-corrected chi connectivity index (χ3v) is 6.75. The Hall–Kier alpha value is -1.58. The SMILES string of the molecule is CN1/C(=N/NC(=O)C(=O)C(NC(=O)/C=C/C(C)(C)C)C2CCOCC2)SCC1(C)C.Cl. The van der Waals surface area contributed by atoms with E-state index < -0.39 is 17.7 Å². The number of rotatable bonds is 6. The molecule has 2 fully saturated rings. The molecule has 0 aromatic carbocycles. The van der Waals surface area contributed by atoms with Crippen LogP contribution in [-0.2, 0) is 19.1 Å².